The van der Waals surface area contributed by atoms with Crippen molar-refractivity contribution in [3.63, 3.8) is 0 Å². The number of aryl methyl sites for hydroxylation is 2. The van der Waals surface area contributed by atoms with Gasteiger partial charge in [-0.2, -0.15) is 10.2 Å². The van der Waals surface area contributed by atoms with Crippen molar-refractivity contribution in [3.8, 4) is 0 Å². The fourth-order valence-corrected chi connectivity index (χ4v) is 1.71. The normalized spacial score (nSPS) is 11.2. The second-order valence-electron chi connectivity index (χ2n) is 4.11. The molecule has 0 unspecified atom stereocenters. The third-order valence-corrected chi connectivity index (χ3v) is 2.49. The average Bonchev–Trinajstić information content (AvgIpc) is 2.82. The van der Waals surface area contributed by atoms with Crippen molar-refractivity contribution in [2.24, 2.45) is 7.05 Å². The molecule has 2 aromatic heterocycles. The summed E-state index contributed by atoms with van der Waals surface area (Å²) < 4.78 is 27.3. The Morgan fingerprint density at radius 2 is 2.22 bits per heavy atom. The second kappa shape index (κ2) is 5.16. The lowest BCUT2D eigenvalue weighted by molar-refractivity contribution is 0.122. The van der Waals surface area contributed by atoms with Crippen LogP contribution in [0.5, 0.6) is 0 Å². The third-order valence-electron chi connectivity index (χ3n) is 2.49. The predicted molar refractivity (Wildman–Crippen MR) is 63.5 cm³/mol. The van der Waals surface area contributed by atoms with Gasteiger partial charge in [0.2, 0.25) is 0 Å². The number of rotatable bonds is 5. The molecule has 2 aromatic rings. The average molecular weight is 255 g/mol. The lowest BCUT2D eigenvalue weighted by atomic mass is 10.3. The van der Waals surface area contributed by atoms with E-state index in [2.05, 4.69) is 15.5 Å². The van der Waals surface area contributed by atoms with Gasteiger partial charge < -0.3 is 5.32 Å². The van der Waals surface area contributed by atoms with E-state index in [9.17, 15) is 8.78 Å². The molecule has 2 heterocycles. The van der Waals surface area contributed by atoms with Crippen LogP contribution in [0.25, 0.3) is 0 Å². The van der Waals surface area contributed by atoms with Gasteiger partial charge in [-0.05, 0) is 6.92 Å². The topological polar surface area (TPSA) is 47.7 Å². The van der Waals surface area contributed by atoms with E-state index < -0.39 is 6.43 Å². The van der Waals surface area contributed by atoms with Gasteiger partial charge in [0.1, 0.15) is 12.4 Å². The van der Waals surface area contributed by atoms with E-state index in [1.54, 1.807) is 17.1 Å². The highest BCUT2D eigenvalue weighted by molar-refractivity contribution is 5.37. The molecule has 0 saturated heterocycles. The maximum absolute atomic E-state index is 12.1. The molecular formula is C11H15F2N5. The summed E-state index contributed by atoms with van der Waals surface area (Å²) >= 11 is 0. The third kappa shape index (κ3) is 3.06. The second-order valence-corrected chi connectivity index (χ2v) is 4.11. The Kier molecular flexibility index (Phi) is 3.59. The molecule has 0 fully saturated rings. The standard InChI is InChI=1S/C11H15F2N5/c1-8-3-11(17(2)16-8)14-4-9-5-15-18(6-9)7-10(12)13/h3,5-6,10,14H,4,7H2,1-2H3. The molecule has 98 valence electrons. The Labute approximate surface area is 103 Å². The first kappa shape index (κ1) is 12.5. The summed E-state index contributed by atoms with van der Waals surface area (Å²) in [4.78, 5) is 0. The summed E-state index contributed by atoms with van der Waals surface area (Å²) in [6, 6.07) is 1.92. The Bertz CT molecular complexity index is 517. The minimum Gasteiger partial charge on any atom is -0.366 e. The van der Waals surface area contributed by atoms with Crippen LogP contribution in [0, 0.1) is 6.92 Å². The van der Waals surface area contributed by atoms with Crippen molar-refractivity contribution < 1.29 is 8.78 Å². The summed E-state index contributed by atoms with van der Waals surface area (Å²) in [7, 11) is 1.84. The molecule has 0 radical (unpaired) electrons. The van der Waals surface area contributed by atoms with Crippen molar-refractivity contribution in [3.05, 3.63) is 29.7 Å². The Hall–Kier alpha value is -1.92. The van der Waals surface area contributed by atoms with Crippen LogP contribution in [0.1, 0.15) is 11.3 Å². The molecule has 7 heteroatoms. The summed E-state index contributed by atoms with van der Waals surface area (Å²) in [6.07, 6.45) is 0.812. The van der Waals surface area contributed by atoms with E-state index in [4.69, 9.17) is 0 Å². The number of alkyl halides is 2. The lowest BCUT2D eigenvalue weighted by Gasteiger charge is -2.04. The van der Waals surface area contributed by atoms with Crippen LogP contribution >= 0.6 is 0 Å². The number of hydrogen-bond donors (Lipinski definition) is 1. The molecule has 0 spiro atoms. The van der Waals surface area contributed by atoms with Crippen molar-refractivity contribution >= 4 is 5.82 Å². The van der Waals surface area contributed by atoms with Crippen molar-refractivity contribution in [1.29, 1.82) is 0 Å². The van der Waals surface area contributed by atoms with Crippen LogP contribution in [-0.2, 0) is 20.1 Å². The monoisotopic (exact) mass is 255 g/mol. The quantitative estimate of drug-likeness (QED) is 0.886. The number of anilines is 1. The summed E-state index contributed by atoms with van der Waals surface area (Å²) in [5.74, 6) is 0.883. The molecule has 0 aromatic carbocycles. The van der Waals surface area contributed by atoms with E-state index >= 15 is 0 Å². The van der Waals surface area contributed by atoms with Gasteiger partial charge in [-0.15, -0.1) is 0 Å². The SMILES string of the molecule is Cc1cc(NCc2cnn(CC(F)F)c2)n(C)n1. The number of aromatic nitrogens is 4. The number of hydrogen-bond acceptors (Lipinski definition) is 3. The van der Waals surface area contributed by atoms with Gasteiger partial charge in [-0.25, -0.2) is 8.78 Å². The lowest BCUT2D eigenvalue weighted by Crippen LogP contribution is -2.07. The van der Waals surface area contributed by atoms with E-state index in [1.165, 1.54) is 4.68 Å². The van der Waals surface area contributed by atoms with Crippen molar-refractivity contribution in [2.45, 2.75) is 26.4 Å². The molecular weight excluding hydrogens is 240 g/mol. The van der Waals surface area contributed by atoms with E-state index in [-0.39, 0.29) is 6.54 Å². The molecule has 0 bridgehead atoms. The van der Waals surface area contributed by atoms with Crippen LogP contribution < -0.4 is 5.32 Å². The highest BCUT2D eigenvalue weighted by Crippen LogP contribution is 2.10. The molecule has 5 nitrogen and oxygen atoms in total. The fourth-order valence-electron chi connectivity index (χ4n) is 1.71. The van der Waals surface area contributed by atoms with Crippen LogP contribution in [0.2, 0.25) is 0 Å². The van der Waals surface area contributed by atoms with Crippen LogP contribution in [0.4, 0.5) is 14.6 Å². The molecule has 0 aliphatic heterocycles. The zero-order valence-electron chi connectivity index (χ0n) is 10.3. The largest absolute Gasteiger partial charge is 0.366 e. The van der Waals surface area contributed by atoms with Gasteiger partial charge in [0.05, 0.1) is 11.9 Å². The highest BCUT2D eigenvalue weighted by atomic mass is 19.3. The number of halogens is 2. The zero-order valence-corrected chi connectivity index (χ0v) is 10.3. The molecule has 0 amide bonds. The maximum Gasteiger partial charge on any atom is 0.257 e. The predicted octanol–water partition coefficient (Wildman–Crippen LogP) is 1.80. The molecule has 18 heavy (non-hydrogen) atoms. The minimum atomic E-state index is -2.38. The fraction of sp³-hybridized carbons (Fsp3) is 0.455. The van der Waals surface area contributed by atoms with Gasteiger partial charge in [0.25, 0.3) is 6.43 Å². The first-order chi connectivity index (χ1) is 8.54. The Morgan fingerprint density at radius 3 is 2.83 bits per heavy atom. The highest BCUT2D eigenvalue weighted by Gasteiger charge is 2.06. The molecule has 1 N–H and O–H groups in total. The van der Waals surface area contributed by atoms with Crippen LogP contribution in [0.15, 0.2) is 18.5 Å². The molecule has 0 aliphatic rings. The van der Waals surface area contributed by atoms with E-state index in [0.29, 0.717) is 6.54 Å². The molecule has 0 atom stereocenters. The molecule has 2 rings (SSSR count). The number of nitrogens with one attached hydrogen (secondary N) is 1. The smallest absolute Gasteiger partial charge is 0.257 e. The van der Waals surface area contributed by atoms with Gasteiger partial charge in [0.15, 0.2) is 0 Å². The minimum absolute atomic E-state index is 0.370. The van der Waals surface area contributed by atoms with Crippen molar-refractivity contribution in [2.75, 3.05) is 5.32 Å². The first-order valence-electron chi connectivity index (χ1n) is 5.58. The van der Waals surface area contributed by atoms with Crippen LogP contribution in [-0.4, -0.2) is 26.0 Å². The number of nitrogens with zero attached hydrogens (tertiary/aromatic N) is 4. The van der Waals surface area contributed by atoms with Gasteiger partial charge in [0, 0.05) is 31.4 Å². The summed E-state index contributed by atoms with van der Waals surface area (Å²) in [5.41, 5.74) is 1.78. The first-order valence-corrected chi connectivity index (χ1v) is 5.58. The van der Waals surface area contributed by atoms with E-state index in [1.807, 2.05) is 20.0 Å². The van der Waals surface area contributed by atoms with Crippen molar-refractivity contribution in [1.82, 2.24) is 19.6 Å². The molecule has 0 saturated carbocycles. The maximum atomic E-state index is 12.1. The molecule has 0 aliphatic carbocycles. The van der Waals surface area contributed by atoms with Gasteiger partial charge in [-0.3, -0.25) is 9.36 Å². The Morgan fingerprint density at radius 1 is 1.44 bits per heavy atom. The van der Waals surface area contributed by atoms with Gasteiger partial charge in [-0.1, -0.05) is 0 Å². The summed E-state index contributed by atoms with van der Waals surface area (Å²) in [5, 5.41) is 11.2. The Balaban J connectivity index is 1.94. The van der Waals surface area contributed by atoms with Gasteiger partial charge >= 0.3 is 0 Å². The zero-order chi connectivity index (χ0) is 13.1. The summed E-state index contributed by atoms with van der Waals surface area (Å²) in [6.45, 7) is 2.07. The van der Waals surface area contributed by atoms with E-state index in [0.717, 1.165) is 17.1 Å². The van der Waals surface area contributed by atoms with Crippen LogP contribution in [0.3, 0.4) is 0 Å².